The zero-order chi connectivity index (χ0) is 18.2. The van der Waals surface area contributed by atoms with Gasteiger partial charge in [0.2, 0.25) is 5.89 Å². The minimum absolute atomic E-state index is 0. The molecule has 7 heteroatoms. The SMILES string of the molecule is CCNC(=NCc1nc(C)c(C)o1)NCCc1ccc(C)c(OC)c1.I. The van der Waals surface area contributed by atoms with Gasteiger partial charge < -0.3 is 19.8 Å². The molecule has 2 N–H and O–H groups in total. The fourth-order valence-corrected chi connectivity index (χ4v) is 2.44. The molecule has 0 amide bonds. The molecule has 0 bridgehead atoms. The number of rotatable bonds is 7. The summed E-state index contributed by atoms with van der Waals surface area (Å²) in [5.41, 5.74) is 3.28. The number of nitrogens with one attached hydrogen (secondary N) is 2. The number of oxazole rings is 1. The van der Waals surface area contributed by atoms with Crippen LogP contribution in [0.25, 0.3) is 0 Å². The zero-order valence-electron chi connectivity index (χ0n) is 16.2. The van der Waals surface area contributed by atoms with Crippen LogP contribution in [0.1, 0.15) is 35.4 Å². The average Bonchev–Trinajstić information content (AvgIpc) is 2.92. The van der Waals surface area contributed by atoms with Crippen LogP contribution < -0.4 is 15.4 Å². The van der Waals surface area contributed by atoms with Gasteiger partial charge in [-0.2, -0.15) is 0 Å². The fourth-order valence-electron chi connectivity index (χ4n) is 2.44. The molecule has 1 aromatic heterocycles. The van der Waals surface area contributed by atoms with Crippen LogP contribution in [-0.2, 0) is 13.0 Å². The van der Waals surface area contributed by atoms with Crippen LogP contribution in [-0.4, -0.2) is 31.1 Å². The van der Waals surface area contributed by atoms with Gasteiger partial charge in [-0.3, -0.25) is 0 Å². The van der Waals surface area contributed by atoms with Crippen molar-refractivity contribution in [3.05, 3.63) is 46.7 Å². The third kappa shape index (κ3) is 6.51. The van der Waals surface area contributed by atoms with Gasteiger partial charge in [-0.1, -0.05) is 12.1 Å². The Morgan fingerprint density at radius 3 is 2.62 bits per heavy atom. The van der Waals surface area contributed by atoms with Crippen molar-refractivity contribution >= 4 is 29.9 Å². The number of guanidine groups is 1. The number of methoxy groups -OCH3 is 1. The molecule has 0 aliphatic rings. The number of aliphatic imine (C=N–C) groups is 1. The Hall–Kier alpha value is -1.77. The Balaban J connectivity index is 0.00000338. The van der Waals surface area contributed by atoms with Gasteiger partial charge in [-0.05, 0) is 51.3 Å². The van der Waals surface area contributed by atoms with E-state index in [1.807, 2.05) is 27.7 Å². The highest BCUT2D eigenvalue weighted by molar-refractivity contribution is 14.0. The number of hydrogen-bond acceptors (Lipinski definition) is 4. The molecular formula is C19H29IN4O2. The molecular weight excluding hydrogens is 443 g/mol. The lowest BCUT2D eigenvalue weighted by atomic mass is 10.1. The van der Waals surface area contributed by atoms with Crippen molar-refractivity contribution in [2.75, 3.05) is 20.2 Å². The Bertz CT molecular complexity index is 709. The second kappa shape index (κ2) is 11.1. The molecule has 26 heavy (non-hydrogen) atoms. The van der Waals surface area contributed by atoms with Crippen molar-refractivity contribution in [3.8, 4) is 5.75 Å². The highest BCUT2D eigenvalue weighted by Crippen LogP contribution is 2.19. The summed E-state index contributed by atoms with van der Waals surface area (Å²) in [7, 11) is 1.70. The maximum atomic E-state index is 5.57. The van der Waals surface area contributed by atoms with Gasteiger partial charge in [0.05, 0.1) is 12.8 Å². The minimum Gasteiger partial charge on any atom is -0.496 e. The number of benzene rings is 1. The number of aromatic nitrogens is 1. The van der Waals surface area contributed by atoms with Gasteiger partial charge in [0.25, 0.3) is 0 Å². The maximum Gasteiger partial charge on any atom is 0.216 e. The van der Waals surface area contributed by atoms with E-state index in [1.165, 1.54) is 5.56 Å². The molecule has 0 fully saturated rings. The summed E-state index contributed by atoms with van der Waals surface area (Å²) < 4.78 is 10.9. The van der Waals surface area contributed by atoms with Crippen LogP contribution in [0.3, 0.4) is 0 Å². The molecule has 0 aliphatic carbocycles. The van der Waals surface area contributed by atoms with Gasteiger partial charge in [0.15, 0.2) is 5.96 Å². The largest absolute Gasteiger partial charge is 0.496 e. The van der Waals surface area contributed by atoms with Gasteiger partial charge in [0, 0.05) is 13.1 Å². The lowest BCUT2D eigenvalue weighted by Gasteiger charge is -2.12. The Morgan fingerprint density at radius 2 is 2.00 bits per heavy atom. The van der Waals surface area contributed by atoms with E-state index in [1.54, 1.807) is 7.11 Å². The molecule has 0 unspecified atom stereocenters. The smallest absolute Gasteiger partial charge is 0.216 e. The van der Waals surface area contributed by atoms with Gasteiger partial charge >= 0.3 is 0 Å². The molecule has 0 aliphatic heterocycles. The number of hydrogen-bond donors (Lipinski definition) is 2. The minimum atomic E-state index is 0. The molecule has 144 valence electrons. The summed E-state index contributed by atoms with van der Waals surface area (Å²) in [4.78, 5) is 8.88. The normalized spacial score (nSPS) is 11.0. The summed E-state index contributed by atoms with van der Waals surface area (Å²) in [6.45, 7) is 9.93. The third-order valence-electron chi connectivity index (χ3n) is 3.97. The predicted octanol–water partition coefficient (Wildman–Crippen LogP) is 3.52. The highest BCUT2D eigenvalue weighted by atomic mass is 127. The molecule has 1 aromatic carbocycles. The standard InChI is InChI=1S/C19H28N4O2.HI/c1-6-20-19(22-12-18-23-14(3)15(4)25-18)21-10-9-16-8-7-13(2)17(11-16)24-5;/h7-8,11H,6,9-10,12H2,1-5H3,(H2,20,21,22);1H. The quantitative estimate of drug-likeness (QED) is 0.367. The molecule has 0 saturated heterocycles. The van der Waals surface area contributed by atoms with E-state index in [0.717, 1.165) is 48.2 Å². The van der Waals surface area contributed by atoms with E-state index in [-0.39, 0.29) is 24.0 Å². The van der Waals surface area contributed by atoms with Crippen molar-refractivity contribution in [3.63, 3.8) is 0 Å². The molecule has 1 heterocycles. The van der Waals surface area contributed by atoms with Crippen LogP contribution in [0.4, 0.5) is 0 Å². The van der Waals surface area contributed by atoms with Crippen molar-refractivity contribution in [1.82, 2.24) is 15.6 Å². The predicted molar refractivity (Wildman–Crippen MR) is 116 cm³/mol. The van der Waals surface area contributed by atoms with Gasteiger partial charge in [0.1, 0.15) is 18.1 Å². The van der Waals surface area contributed by atoms with Crippen LogP contribution in [0.5, 0.6) is 5.75 Å². The first kappa shape index (κ1) is 22.3. The third-order valence-corrected chi connectivity index (χ3v) is 3.97. The van der Waals surface area contributed by atoms with Crippen molar-refractivity contribution in [2.24, 2.45) is 4.99 Å². The second-order valence-corrected chi connectivity index (χ2v) is 5.93. The summed E-state index contributed by atoms with van der Waals surface area (Å²) in [5, 5.41) is 6.58. The number of aryl methyl sites for hydroxylation is 3. The molecule has 6 nitrogen and oxygen atoms in total. The Labute approximate surface area is 172 Å². The van der Waals surface area contributed by atoms with E-state index in [0.29, 0.717) is 12.4 Å². The van der Waals surface area contributed by atoms with Crippen LogP contribution in [0, 0.1) is 20.8 Å². The first-order valence-electron chi connectivity index (χ1n) is 8.62. The highest BCUT2D eigenvalue weighted by Gasteiger charge is 2.06. The Morgan fingerprint density at radius 1 is 1.23 bits per heavy atom. The van der Waals surface area contributed by atoms with E-state index >= 15 is 0 Å². The summed E-state index contributed by atoms with van der Waals surface area (Å²) in [5.74, 6) is 3.16. The van der Waals surface area contributed by atoms with E-state index in [2.05, 4.69) is 38.8 Å². The number of ether oxygens (including phenoxy) is 1. The molecule has 0 atom stereocenters. The van der Waals surface area contributed by atoms with Crippen LogP contribution in [0.15, 0.2) is 27.6 Å². The monoisotopic (exact) mass is 472 g/mol. The summed E-state index contributed by atoms with van der Waals surface area (Å²) in [6, 6.07) is 6.29. The van der Waals surface area contributed by atoms with Crippen molar-refractivity contribution in [1.29, 1.82) is 0 Å². The lowest BCUT2D eigenvalue weighted by Crippen LogP contribution is -2.38. The van der Waals surface area contributed by atoms with Crippen LogP contribution >= 0.6 is 24.0 Å². The first-order valence-corrected chi connectivity index (χ1v) is 8.62. The molecule has 0 radical (unpaired) electrons. The first-order chi connectivity index (χ1) is 12.0. The Kier molecular flexibility index (Phi) is 9.47. The summed E-state index contributed by atoms with van der Waals surface area (Å²) >= 11 is 0. The fraction of sp³-hybridized carbons (Fsp3) is 0.474. The lowest BCUT2D eigenvalue weighted by molar-refractivity contribution is 0.411. The van der Waals surface area contributed by atoms with E-state index in [9.17, 15) is 0 Å². The van der Waals surface area contributed by atoms with Crippen molar-refractivity contribution < 1.29 is 9.15 Å². The number of nitrogens with zero attached hydrogens (tertiary/aromatic N) is 2. The molecule has 2 rings (SSSR count). The van der Waals surface area contributed by atoms with E-state index < -0.39 is 0 Å². The topological polar surface area (TPSA) is 71.7 Å². The maximum absolute atomic E-state index is 5.57. The number of halogens is 1. The van der Waals surface area contributed by atoms with Gasteiger partial charge in [-0.25, -0.2) is 9.98 Å². The zero-order valence-corrected chi connectivity index (χ0v) is 18.5. The van der Waals surface area contributed by atoms with Crippen LogP contribution in [0.2, 0.25) is 0 Å². The van der Waals surface area contributed by atoms with E-state index in [4.69, 9.17) is 9.15 Å². The van der Waals surface area contributed by atoms with Crippen molar-refractivity contribution in [2.45, 2.75) is 40.7 Å². The molecule has 0 saturated carbocycles. The molecule has 0 spiro atoms. The van der Waals surface area contributed by atoms with Gasteiger partial charge in [-0.15, -0.1) is 24.0 Å². The molecule has 2 aromatic rings. The summed E-state index contributed by atoms with van der Waals surface area (Å²) in [6.07, 6.45) is 0.887. The average molecular weight is 472 g/mol. The second-order valence-electron chi connectivity index (χ2n) is 5.93.